The first-order valence-corrected chi connectivity index (χ1v) is 6.14. The van der Waals surface area contributed by atoms with Crippen LogP contribution in [0.25, 0.3) is 0 Å². The van der Waals surface area contributed by atoms with Crippen molar-refractivity contribution in [3.05, 3.63) is 0 Å². The molecule has 0 aliphatic rings. The molecule has 6 N–H and O–H groups in total. The zero-order valence-electron chi connectivity index (χ0n) is 8.91. The highest BCUT2D eigenvalue weighted by Crippen LogP contribution is 2.25. The molecule has 0 aromatic carbocycles. The molecule has 0 rings (SSSR count). The lowest BCUT2D eigenvalue weighted by Crippen LogP contribution is -2.37. The summed E-state index contributed by atoms with van der Waals surface area (Å²) in [6.45, 7) is 2.55. The molecule has 0 bridgehead atoms. The largest absolute Gasteiger partial charge is 0.480 e. The molecule has 98 valence electrons. The number of carboxylic acid groups (broad SMARTS) is 1. The first-order valence-electron chi connectivity index (χ1n) is 4.57. The van der Waals surface area contributed by atoms with Crippen molar-refractivity contribution in [2.75, 3.05) is 13.2 Å². The Morgan fingerprint density at radius 2 is 1.81 bits per heavy atom. The van der Waals surface area contributed by atoms with E-state index in [1.807, 2.05) is 6.92 Å². The summed E-state index contributed by atoms with van der Waals surface area (Å²) in [5, 5.41) is 19.8. The molecular weight excluding hydrogens is 241 g/mol. The molecule has 0 saturated heterocycles. The lowest BCUT2D eigenvalue weighted by Gasteiger charge is -2.11. The molecule has 0 aromatic heterocycles. The number of hydrogen-bond acceptors (Lipinski definition) is 4. The molecule has 0 saturated carbocycles. The maximum atomic E-state index is 10.4. The summed E-state index contributed by atoms with van der Waals surface area (Å²) in [5.74, 6) is -0.896. The molecule has 1 atom stereocenters. The fourth-order valence-corrected chi connectivity index (χ4v) is 0.761. The summed E-state index contributed by atoms with van der Waals surface area (Å²) in [4.78, 5) is 32.0. The van der Waals surface area contributed by atoms with E-state index in [4.69, 9.17) is 29.5 Å². The van der Waals surface area contributed by atoms with Gasteiger partial charge in [0, 0.05) is 6.61 Å². The highest BCUT2D eigenvalue weighted by molar-refractivity contribution is 7.45. The van der Waals surface area contributed by atoms with Gasteiger partial charge in [-0.15, -0.1) is 0 Å². The fraction of sp³-hybridized carbons (Fsp3) is 0.857. The van der Waals surface area contributed by atoms with Gasteiger partial charge in [0.1, 0.15) is 6.04 Å². The quantitative estimate of drug-likeness (QED) is 0.329. The van der Waals surface area contributed by atoms with Gasteiger partial charge in [-0.1, -0.05) is 6.92 Å². The van der Waals surface area contributed by atoms with Crippen molar-refractivity contribution >= 4 is 13.8 Å². The van der Waals surface area contributed by atoms with Gasteiger partial charge in [-0.05, 0) is 19.4 Å². The molecule has 0 radical (unpaired) electrons. The molecule has 0 heterocycles. The van der Waals surface area contributed by atoms with Crippen LogP contribution in [-0.4, -0.2) is 50.1 Å². The van der Waals surface area contributed by atoms with Gasteiger partial charge in [0.25, 0.3) is 0 Å². The summed E-state index contributed by atoms with van der Waals surface area (Å²) in [6, 6.07) is -0.597. The summed E-state index contributed by atoms with van der Waals surface area (Å²) >= 11 is 0. The van der Waals surface area contributed by atoms with Crippen LogP contribution in [0.15, 0.2) is 0 Å². The average Bonchev–Trinajstić information content (AvgIpc) is 2.09. The zero-order valence-corrected chi connectivity index (χ0v) is 9.80. The molecule has 0 unspecified atom stereocenters. The van der Waals surface area contributed by atoms with Crippen LogP contribution in [0.4, 0.5) is 0 Å². The molecule has 0 spiro atoms. The van der Waals surface area contributed by atoms with E-state index in [9.17, 15) is 4.79 Å². The van der Waals surface area contributed by atoms with E-state index in [1.54, 1.807) is 0 Å². The molecular formula is C7H18NO7P. The number of aliphatic hydroxyl groups is 1. The molecule has 0 fully saturated rings. The Morgan fingerprint density at radius 1 is 1.38 bits per heavy atom. The standard InChI is InChI=1S/C7H15NO3.H3O4P/c1-2-4-8-6(3-5-9)7(10)11;1-5(2,3)4/h6,8-9H,2-5H2,1H3,(H,10,11);(H3,1,2,3,4)/t6-;/m0./s1. The molecule has 9 heteroatoms. The summed E-state index contributed by atoms with van der Waals surface area (Å²) in [7, 11) is -4.64. The van der Waals surface area contributed by atoms with Gasteiger partial charge in [-0.3, -0.25) is 4.79 Å². The highest BCUT2D eigenvalue weighted by Gasteiger charge is 2.14. The molecule has 0 aromatic rings. The van der Waals surface area contributed by atoms with Crippen LogP contribution >= 0.6 is 7.82 Å². The highest BCUT2D eigenvalue weighted by atomic mass is 31.2. The van der Waals surface area contributed by atoms with Crippen LogP contribution in [0.1, 0.15) is 19.8 Å². The zero-order chi connectivity index (χ0) is 13.2. The van der Waals surface area contributed by atoms with Crippen LogP contribution in [0, 0.1) is 0 Å². The van der Waals surface area contributed by atoms with Crippen molar-refractivity contribution in [1.82, 2.24) is 5.32 Å². The van der Waals surface area contributed by atoms with Gasteiger partial charge in [0.2, 0.25) is 0 Å². The Hall–Kier alpha value is -0.500. The maximum Gasteiger partial charge on any atom is 0.466 e. The predicted molar refractivity (Wildman–Crippen MR) is 55.7 cm³/mol. The number of carboxylic acids is 1. The van der Waals surface area contributed by atoms with Gasteiger partial charge < -0.3 is 30.2 Å². The van der Waals surface area contributed by atoms with Crippen molar-refractivity contribution < 1.29 is 34.3 Å². The maximum absolute atomic E-state index is 10.4. The lowest BCUT2D eigenvalue weighted by atomic mass is 10.2. The third-order valence-electron chi connectivity index (χ3n) is 1.36. The fourth-order valence-electron chi connectivity index (χ4n) is 0.761. The number of carbonyl (C=O) groups is 1. The third-order valence-corrected chi connectivity index (χ3v) is 1.36. The average molecular weight is 259 g/mol. The van der Waals surface area contributed by atoms with Crippen molar-refractivity contribution in [2.45, 2.75) is 25.8 Å². The Labute approximate surface area is 93.2 Å². The molecule has 0 aliphatic heterocycles. The number of aliphatic carboxylic acids is 1. The first kappa shape index (κ1) is 17.9. The first-order chi connectivity index (χ1) is 7.22. The van der Waals surface area contributed by atoms with Gasteiger partial charge in [0.15, 0.2) is 0 Å². The molecule has 0 aliphatic carbocycles. The van der Waals surface area contributed by atoms with E-state index in [-0.39, 0.29) is 13.0 Å². The van der Waals surface area contributed by atoms with E-state index in [0.717, 1.165) is 6.42 Å². The predicted octanol–water partition coefficient (Wildman–Crippen LogP) is -1.11. The van der Waals surface area contributed by atoms with Gasteiger partial charge in [-0.25, -0.2) is 4.57 Å². The van der Waals surface area contributed by atoms with Gasteiger partial charge >= 0.3 is 13.8 Å². The summed E-state index contributed by atoms with van der Waals surface area (Å²) < 4.78 is 8.88. The van der Waals surface area contributed by atoms with Crippen molar-refractivity contribution in [1.29, 1.82) is 0 Å². The second-order valence-corrected chi connectivity index (χ2v) is 3.90. The number of nitrogens with one attached hydrogen (secondary N) is 1. The van der Waals surface area contributed by atoms with E-state index >= 15 is 0 Å². The Kier molecular flexibility index (Phi) is 10.8. The third kappa shape index (κ3) is 19.1. The van der Waals surface area contributed by atoms with Crippen LogP contribution in [0.3, 0.4) is 0 Å². The number of hydrogen-bond donors (Lipinski definition) is 6. The Bertz CT molecular complexity index is 221. The molecule has 16 heavy (non-hydrogen) atoms. The minimum Gasteiger partial charge on any atom is -0.480 e. The van der Waals surface area contributed by atoms with Crippen molar-refractivity contribution in [3.8, 4) is 0 Å². The number of rotatable bonds is 6. The molecule has 0 amide bonds. The monoisotopic (exact) mass is 259 g/mol. The van der Waals surface area contributed by atoms with E-state index in [0.29, 0.717) is 6.54 Å². The number of phosphoric acid groups is 1. The Balaban J connectivity index is 0. The van der Waals surface area contributed by atoms with Gasteiger partial charge in [-0.2, -0.15) is 0 Å². The van der Waals surface area contributed by atoms with Crippen molar-refractivity contribution in [3.63, 3.8) is 0 Å². The smallest absolute Gasteiger partial charge is 0.466 e. The minimum atomic E-state index is -4.64. The van der Waals surface area contributed by atoms with Crippen LogP contribution in [-0.2, 0) is 9.36 Å². The summed E-state index contributed by atoms with van der Waals surface area (Å²) in [6.07, 6.45) is 1.17. The normalized spacial score (nSPS) is 12.6. The van der Waals surface area contributed by atoms with Crippen LogP contribution in [0.5, 0.6) is 0 Å². The van der Waals surface area contributed by atoms with Gasteiger partial charge in [0.05, 0.1) is 0 Å². The Morgan fingerprint density at radius 3 is 2.06 bits per heavy atom. The van der Waals surface area contributed by atoms with E-state index in [2.05, 4.69) is 5.32 Å². The van der Waals surface area contributed by atoms with Crippen LogP contribution in [0.2, 0.25) is 0 Å². The second kappa shape index (κ2) is 9.71. The second-order valence-electron chi connectivity index (χ2n) is 2.87. The topological polar surface area (TPSA) is 147 Å². The van der Waals surface area contributed by atoms with Crippen LogP contribution < -0.4 is 5.32 Å². The number of aliphatic hydroxyl groups excluding tert-OH is 1. The van der Waals surface area contributed by atoms with E-state index < -0.39 is 19.8 Å². The van der Waals surface area contributed by atoms with Crippen molar-refractivity contribution in [2.24, 2.45) is 0 Å². The SMILES string of the molecule is CCCN[C@@H](CCO)C(=O)O.O=P(O)(O)O. The summed E-state index contributed by atoms with van der Waals surface area (Å²) in [5.41, 5.74) is 0. The minimum absolute atomic E-state index is 0.0896. The lowest BCUT2D eigenvalue weighted by molar-refractivity contribution is -0.139. The van der Waals surface area contributed by atoms with E-state index in [1.165, 1.54) is 0 Å². The molecule has 8 nitrogen and oxygen atoms in total.